The third-order valence-electron chi connectivity index (χ3n) is 3.05. The second kappa shape index (κ2) is 7.03. The number of nitrogens with one attached hydrogen (secondary N) is 2. The first-order valence-corrected chi connectivity index (χ1v) is 6.06. The molecular weight excluding hydrogens is 232 g/mol. The van der Waals surface area contributed by atoms with Crippen LogP contribution in [-0.4, -0.2) is 29.7 Å². The van der Waals surface area contributed by atoms with E-state index in [2.05, 4.69) is 38.0 Å². The minimum atomic E-state index is -1.06. The Bertz CT molecular complexity index is 308. The van der Waals surface area contributed by atoms with E-state index in [1.54, 1.807) is 0 Å². The van der Waals surface area contributed by atoms with Crippen molar-refractivity contribution >= 4 is 12.0 Å². The molecule has 0 aromatic heterocycles. The zero-order chi connectivity index (χ0) is 14.3. The predicted molar refractivity (Wildman–Crippen MR) is 71.4 cm³/mol. The number of carbonyl (C=O) groups is 2. The Hall–Kier alpha value is -1.52. The summed E-state index contributed by atoms with van der Waals surface area (Å²) in [6.07, 6.45) is 1.68. The van der Waals surface area contributed by atoms with Gasteiger partial charge in [0, 0.05) is 6.54 Å². The van der Waals surface area contributed by atoms with Crippen molar-refractivity contribution in [3.8, 4) is 0 Å². The molecular formula is C13H24N2O3. The number of carbonyl (C=O) groups excluding carboxylic acids is 1. The van der Waals surface area contributed by atoms with E-state index in [4.69, 9.17) is 5.11 Å². The molecule has 0 fully saturated rings. The lowest BCUT2D eigenvalue weighted by molar-refractivity contribution is -0.139. The highest BCUT2D eigenvalue weighted by Gasteiger charge is 2.22. The Morgan fingerprint density at radius 1 is 1.39 bits per heavy atom. The lowest BCUT2D eigenvalue weighted by Gasteiger charge is -2.27. The molecule has 2 unspecified atom stereocenters. The van der Waals surface area contributed by atoms with Crippen LogP contribution >= 0.6 is 0 Å². The van der Waals surface area contributed by atoms with E-state index in [1.807, 2.05) is 6.92 Å². The Kier molecular flexibility index (Phi) is 6.44. The number of carboxylic acids is 1. The first kappa shape index (κ1) is 16.5. The van der Waals surface area contributed by atoms with Crippen LogP contribution in [0.5, 0.6) is 0 Å². The third-order valence-corrected chi connectivity index (χ3v) is 3.05. The molecule has 0 aliphatic heterocycles. The van der Waals surface area contributed by atoms with Gasteiger partial charge in [0.2, 0.25) is 0 Å². The topological polar surface area (TPSA) is 78.4 Å². The van der Waals surface area contributed by atoms with Gasteiger partial charge in [-0.05, 0) is 17.8 Å². The maximum absolute atomic E-state index is 11.5. The molecule has 0 saturated heterocycles. The quantitative estimate of drug-likeness (QED) is 0.636. The molecule has 0 aromatic rings. The summed E-state index contributed by atoms with van der Waals surface area (Å²) in [5.41, 5.74) is 0.0978. The van der Waals surface area contributed by atoms with Crippen molar-refractivity contribution in [1.82, 2.24) is 10.6 Å². The van der Waals surface area contributed by atoms with Crippen molar-refractivity contribution in [2.24, 2.45) is 11.3 Å². The molecule has 0 spiro atoms. The Balaban J connectivity index is 4.18. The fraction of sp³-hybridized carbons (Fsp3) is 0.692. The Labute approximate surface area is 109 Å². The Morgan fingerprint density at radius 2 is 1.94 bits per heavy atom. The zero-order valence-corrected chi connectivity index (χ0v) is 11.6. The van der Waals surface area contributed by atoms with Gasteiger partial charge < -0.3 is 15.7 Å². The summed E-state index contributed by atoms with van der Waals surface area (Å²) >= 11 is 0. The molecule has 0 heterocycles. The molecule has 18 heavy (non-hydrogen) atoms. The van der Waals surface area contributed by atoms with E-state index in [1.165, 1.54) is 6.08 Å². The van der Waals surface area contributed by atoms with E-state index in [-0.39, 0.29) is 11.8 Å². The van der Waals surface area contributed by atoms with Crippen LogP contribution in [-0.2, 0) is 4.79 Å². The van der Waals surface area contributed by atoms with Gasteiger partial charge in [-0.2, -0.15) is 0 Å². The number of hydrogen-bond donors (Lipinski definition) is 3. The molecule has 0 rings (SSSR count). The number of amides is 2. The van der Waals surface area contributed by atoms with Gasteiger partial charge in [-0.25, -0.2) is 9.59 Å². The highest BCUT2D eigenvalue weighted by molar-refractivity contribution is 5.82. The van der Waals surface area contributed by atoms with Crippen LogP contribution in [0.2, 0.25) is 0 Å². The smallest absolute Gasteiger partial charge is 0.326 e. The molecule has 0 aliphatic rings. The summed E-state index contributed by atoms with van der Waals surface area (Å²) in [5.74, 6) is -0.764. The van der Waals surface area contributed by atoms with Crippen molar-refractivity contribution in [3.05, 3.63) is 12.7 Å². The normalized spacial score (nSPS) is 14.4. The van der Waals surface area contributed by atoms with E-state index in [0.29, 0.717) is 12.5 Å². The number of aliphatic carboxylic acids is 1. The predicted octanol–water partition coefficient (Wildman–Crippen LogP) is 2.00. The molecule has 2 atom stereocenters. The summed E-state index contributed by atoms with van der Waals surface area (Å²) in [6, 6.07) is -1.38. The van der Waals surface area contributed by atoms with Crippen molar-refractivity contribution in [1.29, 1.82) is 0 Å². The van der Waals surface area contributed by atoms with E-state index in [0.717, 1.165) is 0 Å². The maximum Gasteiger partial charge on any atom is 0.326 e. The average molecular weight is 256 g/mol. The standard InChI is InChI=1S/C13H24N2O3/c1-6-7-10(11(16)17)15-12(18)14-8-9(2)13(3,4)5/h6,9-10H,1,7-8H2,2-5H3,(H,16,17)(H2,14,15,18). The highest BCUT2D eigenvalue weighted by atomic mass is 16.4. The molecule has 0 saturated carbocycles. The van der Waals surface area contributed by atoms with Gasteiger partial charge in [-0.3, -0.25) is 0 Å². The second-order valence-corrected chi connectivity index (χ2v) is 5.54. The van der Waals surface area contributed by atoms with Crippen LogP contribution in [0, 0.1) is 11.3 Å². The van der Waals surface area contributed by atoms with Gasteiger partial charge in [0.1, 0.15) is 6.04 Å². The summed E-state index contributed by atoms with van der Waals surface area (Å²) in [6.45, 7) is 12.3. The van der Waals surface area contributed by atoms with Gasteiger partial charge in [0.25, 0.3) is 0 Å². The first-order chi connectivity index (χ1) is 8.18. The van der Waals surface area contributed by atoms with Gasteiger partial charge in [0.15, 0.2) is 0 Å². The van der Waals surface area contributed by atoms with Gasteiger partial charge in [-0.15, -0.1) is 6.58 Å². The van der Waals surface area contributed by atoms with Crippen LogP contribution < -0.4 is 10.6 Å². The van der Waals surface area contributed by atoms with Gasteiger partial charge >= 0.3 is 12.0 Å². The van der Waals surface area contributed by atoms with E-state index < -0.39 is 18.0 Å². The van der Waals surface area contributed by atoms with Crippen LogP contribution in [0.1, 0.15) is 34.1 Å². The third kappa shape index (κ3) is 6.27. The van der Waals surface area contributed by atoms with Crippen molar-refractivity contribution < 1.29 is 14.7 Å². The second-order valence-electron chi connectivity index (χ2n) is 5.54. The number of rotatable bonds is 6. The summed E-state index contributed by atoms with van der Waals surface area (Å²) in [4.78, 5) is 22.4. The SMILES string of the molecule is C=CCC(NC(=O)NCC(C)C(C)(C)C)C(=O)O. The van der Waals surface area contributed by atoms with Crippen molar-refractivity contribution in [2.45, 2.75) is 40.2 Å². The summed E-state index contributed by atoms with van der Waals surface area (Å²) < 4.78 is 0. The molecule has 5 heteroatoms. The molecule has 2 amide bonds. The number of hydrogen-bond acceptors (Lipinski definition) is 2. The lowest BCUT2D eigenvalue weighted by atomic mass is 9.82. The minimum Gasteiger partial charge on any atom is -0.480 e. The number of urea groups is 1. The maximum atomic E-state index is 11.5. The highest BCUT2D eigenvalue weighted by Crippen LogP contribution is 2.24. The van der Waals surface area contributed by atoms with Gasteiger partial charge in [0.05, 0.1) is 0 Å². The molecule has 5 nitrogen and oxygen atoms in total. The fourth-order valence-electron chi connectivity index (χ4n) is 1.15. The number of carboxylic acid groups (broad SMARTS) is 1. The van der Waals surface area contributed by atoms with E-state index >= 15 is 0 Å². The van der Waals surface area contributed by atoms with Crippen LogP contribution in [0.15, 0.2) is 12.7 Å². The zero-order valence-electron chi connectivity index (χ0n) is 11.6. The van der Waals surface area contributed by atoms with Crippen LogP contribution in [0.3, 0.4) is 0 Å². The summed E-state index contributed by atoms with van der Waals surface area (Å²) in [7, 11) is 0. The van der Waals surface area contributed by atoms with Crippen molar-refractivity contribution in [2.75, 3.05) is 6.54 Å². The lowest BCUT2D eigenvalue weighted by Crippen LogP contribution is -2.47. The summed E-state index contributed by atoms with van der Waals surface area (Å²) in [5, 5.41) is 14.0. The average Bonchev–Trinajstić information content (AvgIpc) is 2.23. The molecule has 104 valence electrons. The molecule has 3 N–H and O–H groups in total. The fourth-order valence-corrected chi connectivity index (χ4v) is 1.15. The van der Waals surface area contributed by atoms with Gasteiger partial charge in [-0.1, -0.05) is 33.8 Å². The molecule has 0 aliphatic carbocycles. The Morgan fingerprint density at radius 3 is 2.33 bits per heavy atom. The van der Waals surface area contributed by atoms with Crippen LogP contribution in [0.25, 0.3) is 0 Å². The molecule has 0 aromatic carbocycles. The monoisotopic (exact) mass is 256 g/mol. The minimum absolute atomic E-state index is 0.0978. The molecule has 0 radical (unpaired) electrons. The van der Waals surface area contributed by atoms with Crippen molar-refractivity contribution in [3.63, 3.8) is 0 Å². The molecule has 0 bridgehead atoms. The van der Waals surface area contributed by atoms with Crippen LogP contribution in [0.4, 0.5) is 4.79 Å². The van der Waals surface area contributed by atoms with E-state index in [9.17, 15) is 9.59 Å². The first-order valence-electron chi connectivity index (χ1n) is 6.06. The largest absolute Gasteiger partial charge is 0.480 e.